The van der Waals surface area contributed by atoms with E-state index in [0.717, 1.165) is 24.0 Å². The first-order valence-electron chi connectivity index (χ1n) is 6.76. The van der Waals surface area contributed by atoms with Gasteiger partial charge in [0.1, 0.15) is 0 Å². The summed E-state index contributed by atoms with van der Waals surface area (Å²) in [5.74, 6) is 0. The van der Waals surface area contributed by atoms with Gasteiger partial charge in [0.05, 0.1) is 4.75 Å². The van der Waals surface area contributed by atoms with Crippen molar-refractivity contribution in [2.24, 2.45) is 5.73 Å². The summed E-state index contributed by atoms with van der Waals surface area (Å²) >= 11 is 0. The molecule has 1 aromatic rings. The summed E-state index contributed by atoms with van der Waals surface area (Å²) in [4.78, 5) is 0. The third-order valence-electron chi connectivity index (χ3n) is 4.58. The molecular formula is C15H23NO2S. The summed E-state index contributed by atoms with van der Waals surface area (Å²) in [6.45, 7) is 3.48. The third-order valence-corrected chi connectivity index (χ3v) is 6.67. The average molecular weight is 281 g/mol. The molecule has 2 N–H and O–H groups in total. The van der Waals surface area contributed by atoms with Gasteiger partial charge in [-0.25, -0.2) is 8.42 Å². The Balaban J connectivity index is 2.34. The van der Waals surface area contributed by atoms with Crippen LogP contribution < -0.4 is 5.73 Å². The van der Waals surface area contributed by atoms with Crippen LogP contribution in [-0.2, 0) is 20.1 Å². The molecule has 0 bridgehead atoms. The van der Waals surface area contributed by atoms with Gasteiger partial charge in [-0.15, -0.1) is 0 Å². The van der Waals surface area contributed by atoms with Gasteiger partial charge in [-0.2, -0.15) is 0 Å². The molecule has 0 unspecified atom stereocenters. The summed E-state index contributed by atoms with van der Waals surface area (Å²) < 4.78 is 22.8. The van der Waals surface area contributed by atoms with E-state index in [-0.39, 0.29) is 5.54 Å². The lowest BCUT2D eigenvalue weighted by atomic mass is 9.88. The molecule has 0 radical (unpaired) electrons. The first-order valence-corrected chi connectivity index (χ1v) is 8.65. The first-order chi connectivity index (χ1) is 8.67. The van der Waals surface area contributed by atoms with Crippen LogP contribution in [0.1, 0.15) is 50.7 Å². The van der Waals surface area contributed by atoms with Crippen molar-refractivity contribution in [3.05, 3.63) is 35.4 Å². The van der Waals surface area contributed by atoms with Gasteiger partial charge in [0.15, 0.2) is 9.84 Å². The largest absolute Gasteiger partial charge is 0.321 e. The van der Waals surface area contributed by atoms with Gasteiger partial charge >= 0.3 is 0 Å². The number of rotatable bonds is 3. The molecule has 0 atom stereocenters. The number of sulfone groups is 1. The second-order valence-corrected chi connectivity index (χ2v) is 8.79. The van der Waals surface area contributed by atoms with Crippen LogP contribution in [0.4, 0.5) is 0 Å². The molecule has 1 aliphatic rings. The Kier molecular flexibility index (Phi) is 3.52. The Labute approximate surface area is 116 Å². The highest BCUT2D eigenvalue weighted by Crippen LogP contribution is 2.37. The summed E-state index contributed by atoms with van der Waals surface area (Å²) in [5.41, 5.74) is 8.14. The van der Waals surface area contributed by atoms with Crippen molar-refractivity contribution in [2.75, 3.05) is 6.26 Å². The zero-order valence-electron chi connectivity index (χ0n) is 11.9. The average Bonchev–Trinajstić information content (AvgIpc) is 2.76. The lowest BCUT2D eigenvalue weighted by Crippen LogP contribution is -2.33. The Morgan fingerprint density at radius 2 is 1.58 bits per heavy atom. The highest BCUT2D eigenvalue weighted by molar-refractivity contribution is 7.91. The Hall–Kier alpha value is -0.870. The van der Waals surface area contributed by atoms with Crippen molar-refractivity contribution in [1.29, 1.82) is 0 Å². The molecule has 0 saturated heterocycles. The van der Waals surface area contributed by atoms with E-state index in [1.165, 1.54) is 19.1 Å². The van der Waals surface area contributed by atoms with Gasteiger partial charge in [-0.3, -0.25) is 0 Å². The maximum atomic E-state index is 11.8. The maximum absolute atomic E-state index is 11.8. The summed E-state index contributed by atoms with van der Waals surface area (Å²) in [6.07, 6.45) is 5.66. The van der Waals surface area contributed by atoms with Gasteiger partial charge in [-0.05, 0) is 37.8 Å². The minimum Gasteiger partial charge on any atom is -0.321 e. The third kappa shape index (κ3) is 2.56. The van der Waals surface area contributed by atoms with Crippen molar-refractivity contribution in [3.63, 3.8) is 0 Å². The highest BCUT2D eigenvalue weighted by atomic mass is 32.2. The van der Waals surface area contributed by atoms with Gasteiger partial charge < -0.3 is 5.73 Å². The SMILES string of the molecule is CC(C)(c1ccc(C2(N)CCCC2)cc1)S(C)(=O)=O. The van der Waals surface area contributed by atoms with Crippen molar-refractivity contribution in [1.82, 2.24) is 0 Å². The quantitative estimate of drug-likeness (QED) is 0.926. The van der Waals surface area contributed by atoms with Crippen molar-refractivity contribution >= 4 is 9.84 Å². The van der Waals surface area contributed by atoms with E-state index in [1.807, 2.05) is 24.3 Å². The molecule has 0 heterocycles. The molecule has 3 nitrogen and oxygen atoms in total. The molecule has 0 spiro atoms. The Bertz CT molecular complexity index is 552. The molecule has 1 aromatic carbocycles. The van der Waals surface area contributed by atoms with Crippen molar-refractivity contribution < 1.29 is 8.42 Å². The second kappa shape index (κ2) is 4.60. The van der Waals surface area contributed by atoms with Gasteiger partial charge in [0.2, 0.25) is 0 Å². The molecule has 2 rings (SSSR count). The van der Waals surface area contributed by atoms with Gasteiger partial charge in [0.25, 0.3) is 0 Å². The summed E-state index contributed by atoms with van der Waals surface area (Å²) in [5, 5.41) is 0. The van der Waals surface area contributed by atoms with Crippen LogP contribution in [0.25, 0.3) is 0 Å². The van der Waals surface area contributed by atoms with Crippen LogP contribution in [0.15, 0.2) is 24.3 Å². The van der Waals surface area contributed by atoms with Crippen molar-refractivity contribution in [2.45, 2.75) is 49.8 Å². The van der Waals surface area contributed by atoms with E-state index in [1.54, 1.807) is 13.8 Å². The topological polar surface area (TPSA) is 60.2 Å². The first kappa shape index (κ1) is 14.5. The molecule has 0 aromatic heterocycles. The Morgan fingerprint density at radius 1 is 1.11 bits per heavy atom. The van der Waals surface area contributed by atoms with E-state index < -0.39 is 14.6 Å². The molecule has 0 amide bonds. The highest BCUT2D eigenvalue weighted by Gasteiger charge is 2.34. The van der Waals surface area contributed by atoms with Crippen LogP contribution >= 0.6 is 0 Å². The fourth-order valence-electron chi connectivity index (χ4n) is 2.71. The molecule has 4 heteroatoms. The van der Waals surface area contributed by atoms with Gasteiger partial charge in [0, 0.05) is 11.8 Å². The van der Waals surface area contributed by atoms with E-state index in [4.69, 9.17) is 5.73 Å². The zero-order valence-corrected chi connectivity index (χ0v) is 12.8. The summed E-state index contributed by atoms with van der Waals surface area (Å²) in [6, 6.07) is 7.80. The normalized spacial score (nSPS) is 19.6. The molecule has 0 aliphatic heterocycles. The predicted molar refractivity (Wildman–Crippen MR) is 78.6 cm³/mol. The van der Waals surface area contributed by atoms with Crippen LogP contribution in [0.3, 0.4) is 0 Å². The monoisotopic (exact) mass is 281 g/mol. The number of nitrogens with two attached hydrogens (primary N) is 1. The molecule has 1 aliphatic carbocycles. The molecule has 19 heavy (non-hydrogen) atoms. The minimum absolute atomic E-state index is 0.215. The predicted octanol–water partition coefficient (Wildman–Crippen LogP) is 2.69. The van der Waals surface area contributed by atoms with E-state index in [9.17, 15) is 8.42 Å². The maximum Gasteiger partial charge on any atom is 0.156 e. The molecular weight excluding hydrogens is 258 g/mol. The number of benzene rings is 1. The van der Waals surface area contributed by atoms with Crippen LogP contribution in [0.2, 0.25) is 0 Å². The lowest BCUT2D eigenvalue weighted by molar-refractivity contribution is 0.461. The van der Waals surface area contributed by atoms with Gasteiger partial charge in [-0.1, -0.05) is 37.1 Å². The molecule has 1 fully saturated rings. The van der Waals surface area contributed by atoms with E-state index in [0.29, 0.717) is 0 Å². The molecule has 1 saturated carbocycles. The van der Waals surface area contributed by atoms with Crippen LogP contribution in [0.5, 0.6) is 0 Å². The van der Waals surface area contributed by atoms with Crippen LogP contribution in [0, 0.1) is 0 Å². The second-order valence-electron chi connectivity index (χ2n) is 6.22. The fourth-order valence-corrected chi connectivity index (χ4v) is 3.28. The van der Waals surface area contributed by atoms with Crippen LogP contribution in [-0.4, -0.2) is 14.7 Å². The zero-order chi connectivity index (χ0) is 14.3. The number of hydrogen-bond donors (Lipinski definition) is 1. The Morgan fingerprint density at radius 3 is 2.00 bits per heavy atom. The number of hydrogen-bond acceptors (Lipinski definition) is 3. The smallest absolute Gasteiger partial charge is 0.156 e. The lowest BCUT2D eigenvalue weighted by Gasteiger charge is -2.27. The van der Waals surface area contributed by atoms with E-state index in [2.05, 4.69) is 0 Å². The van der Waals surface area contributed by atoms with Crippen molar-refractivity contribution in [3.8, 4) is 0 Å². The summed E-state index contributed by atoms with van der Waals surface area (Å²) in [7, 11) is -3.13. The fraction of sp³-hybridized carbons (Fsp3) is 0.600. The van der Waals surface area contributed by atoms with E-state index >= 15 is 0 Å². The molecule has 106 valence electrons. The minimum atomic E-state index is -3.13. The standard InChI is InChI=1S/C15H23NO2S/c1-14(2,19(3,17)18)12-6-8-13(9-7-12)15(16)10-4-5-11-15/h6-9H,4-5,10-11,16H2,1-3H3.